The lowest BCUT2D eigenvalue weighted by molar-refractivity contribution is -0.136. The van der Waals surface area contributed by atoms with Crippen LogP contribution in [0, 0.1) is 0 Å². The van der Waals surface area contributed by atoms with E-state index in [2.05, 4.69) is 21.2 Å². The van der Waals surface area contributed by atoms with Gasteiger partial charge in [0.1, 0.15) is 0 Å². The van der Waals surface area contributed by atoms with E-state index in [4.69, 9.17) is 5.11 Å². The Bertz CT molecular complexity index is 655. The second-order valence-electron chi connectivity index (χ2n) is 4.20. The predicted molar refractivity (Wildman–Crippen MR) is 79.9 cm³/mol. The topological polar surface area (TPSA) is 66.4 Å². The molecule has 0 radical (unpaired) electrons. The number of nitrogens with one attached hydrogen (secondary N) is 1. The average molecular weight is 334 g/mol. The first-order chi connectivity index (χ1) is 9.56. The zero-order chi connectivity index (χ0) is 14.5. The summed E-state index contributed by atoms with van der Waals surface area (Å²) in [7, 11) is 0. The molecule has 4 nitrogen and oxygen atoms in total. The standard InChI is InChI=1S/C15H12BrNO3/c16-13-7-2-1-6-12(13)15(20)17-11-5-3-4-10(8-11)9-14(18)19/h1-8H,9H2,(H,17,20)(H,18,19). The monoisotopic (exact) mass is 333 g/mol. The van der Waals surface area contributed by atoms with Gasteiger partial charge >= 0.3 is 5.97 Å². The van der Waals surface area contributed by atoms with Crippen LogP contribution in [0.5, 0.6) is 0 Å². The molecule has 2 N–H and O–H groups in total. The van der Waals surface area contributed by atoms with E-state index in [1.54, 1.807) is 42.5 Å². The summed E-state index contributed by atoms with van der Waals surface area (Å²) in [4.78, 5) is 22.8. The van der Waals surface area contributed by atoms with E-state index in [0.29, 0.717) is 21.3 Å². The number of carboxylic acids is 1. The molecule has 2 rings (SSSR count). The number of rotatable bonds is 4. The lowest BCUT2D eigenvalue weighted by atomic mass is 10.1. The highest BCUT2D eigenvalue weighted by Gasteiger charge is 2.10. The number of carboxylic acid groups (broad SMARTS) is 1. The van der Waals surface area contributed by atoms with Crippen molar-refractivity contribution in [1.29, 1.82) is 0 Å². The van der Waals surface area contributed by atoms with Gasteiger partial charge in [-0.05, 0) is 45.8 Å². The van der Waals surface area contributed by atoms with Crippen LogP contribution >= 0.6 is 15.9 Å². The fraction of sp³-hybridized carbons (Fsp3) is 0.0667. The van der Waals surface area contributed by atoms with Gasteiger partial charge in [0, 0.05) is 10.2 Å². The van der Waals surface area contributed by atoms with Gasteiger partial charge in [0.05, 0.1) is 12.0 Å². The van der Waals surface area contributed by atoms with Gasteiger partial charge in [-0.3, -0.25) is 9.59 Å². The van der Waals surface area contributed by atoms with Gasteiger partial charge in [0.25, 0.3) is 5.91 Å². The van der Waals surface area contributed by atoms with Crippen molar-refractivity contribution in [3.63, 3.8) is 0 Å². The molecule has 102 valence electrons. The molecular formula is C15H12BrNO3. The Hall–Kier alpha value is -2.14. The first kappa shape index (κ1) is 14.3. The Morgan fingerprint density at radius 1 is 1.10 bits per heavy atom. The number of amides is 1. The highest BCUT2D eigenvalue weighted by molar-refractivity contribution is 9.10. The molecule has 0 aromatic heterocycles. The number of aliphatic carboxylic acids is 1. The van der Waals surface area contributed by atoms with Gasteiger partial charge in [0.2, 0.25) is 0 Å². The smallest absolute Gasteiger partial charge is 0.307 e. The van der Waals surface area contributed by atoms with Crippen molar-refractivity contribution in [3.05, 3.63) is 64.1 Å². The second kappa shape index (κ2) is 6.34. The fourth-order valence-electron chi connectivity index (χ4n) is 1.78. The number of anilines is 1. The number of benzene rings is 2. The van der Waals surface area contributed by atoms with Crippen molar-refractivity contribution in [2.24, 2.45) is 0 Å². The molecule has 0 heterocycles. The third-order valence-electron chi connectivity index (χ3n) is 2.66. The second-order valence-corrected chi connectivity index (χ2v) is 5.06. The Morgan fingerprint density at radius 2 is 1.85 bits per heavy atom. The molecule has 2 aromatic carbocycles. The molecule has 2 aromatic rings. The molecule has 0 atom stereocenters. The Kier molecular flexibility index (Phi) is 4.53. The normalized spacial score (nSPS) is 10.1. The molecule has 0 fully saturated rings. The third kappa shape index (κ3) is 3.68. The summed E-state index contributed by atoms with van der Waals surface area (Å²) in [6.07, 6.45) is -0.0707. The van der Waals surface area contributed by atoms with Crippen LogP contribution in [0.3, 0.4) is 0 Å². The molecule has 0 saturated carbocycles. The largest absolute Gasteiger partial charge is 0.481 e. The number of hydrogen-bond donors (Lipinski definition) is 2. The van der Waals surface area contributed by atoms with Crippen LogP contribution < -0.4 is 5.32 Å². The SMILES string of the molecule is O=C(O)Cc1cccc(NC(=O)c2ccccc2Br)c1. The van der Waals surface area contributed by atoms with E-state index in [1.165, 1.54) is 0 Å². The minimum atomic E-state index is -0.903. The Balaban J connectivity index is 2.16. The summed E-state index contributed by atoms with van der Waals surface area (Å²) in [5.41, 5.74) is 1.74. The van der Waals surface area contributed by atoms with E-state index in [1.807, 2.05) is 6.07 Å². The number of carbonyl (C=O) groups excluding carboxylic acids is 1. The van der Waals surface area contributed by atoms with Crippen LogP contribution in [0.15, 0.2) is 53.0 Å². The molecule has 0 unspecified atom stereocenters. The van der Waals surface area contributed by atoms with Crippen LogP contribution in [-0.4, -0.2) is 17.0 Å². The summed E-state index contributed by atoms with van der Waals surface area (Å²) in [5, 5.41) is 11.5. The minimum absolute atomic E-state index is 0.0707. The Labute approximate surface area is 124 Å². The van der Waals surface area contributed by atoms with Crippen LogP contribution in [0.1, 0.15) is 15.9 Å². The highest BCUT2D eigenvalue weighted by Crippen LogP contribution is 2.18. The van der Waals surface area contributed by atoms with Crippen molar-refractivity contribution in [1.82, 2.24) is 0 Å². The molecule has 0 aliphatic heterocycles. The fourth-order valence-corrected chi connectivity index (χ4v) is 2.24. The number of carbonyl (C=O) groups is 2. The maximum Gasteiger partial charge on any atom is 0.307 e. The highest BCUT2D eigenvalue weighted by atomic mass is 79.9. The van der Waals surface area contributed by atoms with Crippen LogP contribution in [-0.2, 0) is 11.2 Å². The van der Waals surface area contributed by atoms with Gasteiger partial charge in [-0.1, -0.05) is 24.3 Å². The summed E-state index contributed by atoms with van der Waals surface area (Å²) in [6, 6.07) is 13.9. The molecular weight excluding hydrogens is 322 g/mol. The van der Waals surface area contributed by atoms with Gasteiger partial charge < -0.3 is 10.4 Å². The van der Waals surface area contributed by atoms with Crippen molar-refractivity contribution >= 4 is 33.5 Å². The average Bonchev–Trinajstić information content (AvgIpc) is 2.38. The summed E-state index contributed by atoms with van der Waals surface area (Å²) < 4.78 is 0.708. The maximum absolute atomic E-state index is 12.1. The molecule has 0 aliphatic carbocycles. The summed E-state index contributed by atoms with van der Waals surface area (Å²) >= 11 is 3.32. The van der Waals surface area contributed by atoms with Crippen LogP contribution in [0.4, 0.5) is 5.69 Å². The lowest BCUT2D eigenvalue weighted by Gasteiger charge is -2.08. The molecule has 0 saturated heterocycles. The molecule has 20 heavy (non-hydrogen) atoms. The first-order valence-electron chi connectivity index (χ1n) is 5.93. The van der Waals surface area contributed by atoms with Gasteiger partial charge in [0.15, 0.2) is 0 Å². The summed E-state index contributed by atoms with van der Waals surface area (Å²) in [6.45, 7) is 0. The van der Waals surface area contributed by atoms with Gasteiger partial charge in [-0.2, -0.15) is 0 Å². The van der Waals surface area contributed by atoms with Crippen molar-refractivity contribution in [2.45, 2.75) is 6.42 Å². The molecule has 0 aliphatic rings. The van der Waals surface area contributed by atoms with Crippen molar-refractivity contribution < 1.29 is 14.7 Å². The van der Waals surface area contributed by atoms with E-state index < -0.39 is 5.97 Å². The zero-order valence-corrected chi connectivity index (χ0v) is 12.1. The third-order valence-corrected chi connectivity index (χ3v) is 3.35. The van der Waals surface area contributed by atoms with Crippen molar-refractivity contribution in [2.75, 3.05) is 5.32 Å². The number of hydrogen-bond acceptors (Lipinski definition) is 2. The number of halogens is 1. The van der Waals surface area contributed by atoms with E-state index >= 15 is 0 Å². The molecule has 0 bridgehead atoms. The van der Waals surface area contributed by atoms with Gasteiger partial charge in [-0.25, -0.2) is 0 Å². The van der Waals surface area contributed by atoms with E-state index in [0.717, 1.165) is 0 Å². The zero-order valence-electron chi connectivity index (χ0n) is 10.5. The van der Waals surface area contributed by atoms with E-state index in [9.17, 15) is 9.59 Å². The lowest BCUT2D eigenvalue weighted by Crippen LogP contribution is -2.12. The quantitative estimate of drug-likeness (QED) is 0.901. The van der Waals surface area contributed by atoms with Gasteiger partial charge in [-0.15, -0.1) is 0 Å². The molecule has 0 spiro atoms. The molecule has 5 heteroatoms. The first-order valence-corrected chi connectivity index (χ1v) is 6.72. The summed E-state index contributed by atoms with van der Waals surface area (Å²) in [5.74, 6) is -1.15. The maximum atomic E-state index is 12.1. The van der Waals surface area contributed by atoms with Crippen LogP contribution in [0.2, 0.25) is 0 Å². The van der Waals surface area contributed by atoms with Crippen LogP contribution in [0.25, 0.3) is 0 Å². The Morgan fingerprint density at radius 3 is 2.55 bits per heavy atom. The predicted octanol–water partition coefficient (Wildman–Crippen LogP) is 3.33. The molecule has 1 amide bonds. The minimum Gasteiger partial charge on any atom is -0.481 e. The van der Waals surface area contributed by atoms with Crippen molar-refractivity contribution in [3.8, 4) is 0 Å². The van der Waals surface area contributed by atoms with E-state index in [-0.39, 0.29) is 12.3 Å².